The number of anilines is 1. The van der Waals surface area contributed by atoms with Gasteiger partial charge in [-0.2, -0.15) is 0 Å². The molecule has 0 atom stereocenters. The average molecular weight is 311 g/mol. The first kappa shape index (κ1) is 16.5. The van der Waals surface area contributed by atoms with Crippen LogP contribution in [0, 0.1) is 12.3 Å². The predicted octanol–water partition coefficient (Wildman–Crippen LogP) is 3.71. The van der Waals surface area contributed by atoms with Gasteiger partial charge in [0.2, 0.25) is 0 Å². The predicted molar refractivity (Wildman–Crippen MR) is 89.2 cm³/mol. The van der Waals surface area contributed by atoms with Gasteiger partial charge in [0.15, 0.2) is 0 Å². The molecule has 0 unspecified atom stereocenters. The van der Waals surface area contributed by atoms with Crippen molar-refractivity contribution in [2.45, 2.75) is 46.5 Å². The van der Waals surface area contributed by atoms with E-state index in [1.54, 1.807) is 0 Å². The van der Waals surface area contributed by atoms with Gasteiger partial charge in [-0.15, -0.1) is 0 Å². The molecule has 1 saturated heterocycles. The quantitative estimate of drug-likeness (QED) is 0.861. The molecular weight excluding hydrogens is 284 g/mol. The normalized spacial score (nSPS) is 19.0. The van der Waals surface area contributed by atoms with Crippen LogP contribution >= 0.6 is 11.6 Å². The van der Waals surface area contributed by atoms with E-state index in [4.69, 9.17) is 11.6 Å². The van der Waals surface area contributed by atoms with Crippen molar-refractivity contribution >= 4 is 17.4 Å². The van der Waals surface area contributed by atoms with E-state index in [0.717, 1.165) is 23.8 Å². The average Bonchev–Trinajstić information content (AvgIpc) is 2.44. The maximum Gasteiger partial charge on any atom is 0.137 e. The summed E-state index contributed by atoms with van der Waals surface area (Å²) in [6, 6.07) is 0. The van der Waals surface area contributed by atoms with E-state index >= 15 is 0 Å². The number of nitrogens with one attached hydrogen (secondary N) is 1. The Hall–Kier alpha value is -0.870. The first-order valence-electron chi connectivity index (χ1n) is 7.77. The van der Waals surface area contributed by atoms with Crippen molar-refractivity contribution in [1.29, 1.82) is 0 Å². The zero-order valence-corrected chi connectivity index (χ0v) is 14.6. The molecule has 0 spiro atoms. The topological polar surface area (TPSA) is 41.1 Å². The number of aromatic nitrogens is 2. The Kier molecular flexibility index (Phi) is 5.10. The number of hydrogen-bond acceptors (Lipinski definition) is 4. The molecule has 1 aliphatic heterocycles. The van der Waals surface area contributed by atoms with E-state index in [0.29, 0.717) is 10.6 Å². The van der Waals surface area contributed by atoms with Gasteiger partial charge in [0.05, 0.1) is 0 Å². The molecular formula is C16H27ClN4. The molecule has 0 amide bonds. The third-order valence-electron chi connectivity index (χ3n) is 4.50. The summed E-state index contributed by atoms with van der Waals surface area (Å²) in [5.74, 6) is 1.98. The van der Waals surface area contributed by atoms with Crippen molar-refractivity contribution in [3.63, 3.8) is 0 Å². The van der Waals surface area contributed by atoms with Gasteiger partial charge in [-0.25, -0.2) is 9.97 Å². The number of hydrogen-bond donors (Lipinski definition) is 1. The van der Waals surface area contributed by atoms with Crippen LogP contribution in [0.15, 0.2) is 0 Å². The van der Waals surface area contributed by atoms with Gasteiger partial charge in [-0.05, 0) is 45.3 Å². The molecule has 118 valence electrons. The van der Waals surface area contributed by atoms with Gasteiger partial charge >= 0.3 is 0 Å². The molecule has 5 heteroatoms. The van der Waals surface area contributed by atoms with Crippen molar-refractivity contribution in [2.24, 2.45) is 5.41 Å². The molecule has 1 aromatic heterocycles. The van der Waals surface area contributed by atoms with Crippen LogP contribution in [0.5, 0.6) is 0 Å². The lowest BCUT2D eigenvalue weighted by molar-refractivity contribution is 0.150. The van der Waals surface area contributed by atoms with Crippen LogP contribution in [0.4, 0.5) is 5.82 Å². The van der Waals surface area contributed by atoms with E-state index in [1.807, 2.05) is 6.92 Å². The van der Waals surface area contributed by atoms with Crippen LogP contribution in [0.25, 0.3) is 0 Å². The molecule has 2 heterocycles. The van der Waals surface area contributed by atoms with Gasteiger partial charge in [-0.3, -0.25) is 0 Å². The van der Waals surface area contributed by atoms with E-state index in [2.05, 4.69) is 48.0 Å². The largest absolute Gasteiger partial charge is 0.369 e. The first-order valence-corrected chi connectivity index (χ1v) is 8.15. The van der Waals surface area contributed by atoms with Crippen LogP contribution in [-0.2, 0) is 0 Å². The molecule has 0 radical (unpaired) electrons. The molecule has 1 N–H and O–H groups in total. The summed E-state index contributed by atoms with van der Waals surface area (Å²) in [6.45, 7) is 11.8. The van der Waals surface area contributed by atoms with Gasteiger partial charge in [-0.1, -0.05) is 32.4 Å². The van der Waals surface area contributed by atoms with Crippen LogP contribution in [0.1, 0.15) is 50.9 Å². The molecule has 0 aliphatic carbocycles. The maximum absolute atomic E-state index is 6.24. The van der Waals surface area contributed by atoms with Gasteiger partial charge in [0.1, 0.15) is 16.8 Å². The van der Waals surface area contributed by atoms with Crippen LogP contribution in [0.2, 0.25) is 5.15 Å². The lowest BCUT2D eigenvalue weighted by Crippen LogP contribution is -2.40. The lowest BCUT2D eigenvalue weighted by atomic mass is 9.80. The summed E-state index contributed by atoms with van der Waals surface area (Å²) >= 11 is 6.24. The SMILES string of the molecule is Cc1c(Cl)nc(C(C)C)nc1NCC1(C)CCN(C)CC1. The smallest absolute Gasteiger partial charge is 0.137 e. The number of piperidine rings is 1. The summed E-state index contributed by atoms with van der Waals surface area (Å²) in [5, 5.41) is 4.08. The van der Waals surface area contributed by atoms with Gasteiger partial charge in [0, 0.05) is 18.0 Å². The molecule has 0 bridgehead atoms. The Labute approximate surface area is 133 Å². The zero-order valence-electron chi connectivity index (χ0n) is 13.8. The van der Waals surface area contributed by atoms with Gasteiger partial charge < -0.3 is 10.2 Å². The minimum atomic E-state index is 0.280. The third kappa shape index (κ3) is 4.07. The molecule has 1 aliphatic rings. The molecule has 1 aromatic rings. The Balaban J connectivity index is 2.09. The van der Waals surface area contributed by atoms with Crippen molar-refractivity contribution in [3.05, 3.63) is 16.5 Å². The standard InChI is InChI=1S/C16H27ClN4/c1-11(2)14-19-13(17)12(3)15(20-14)18-10-16(4)6-8-21(5)9-7-16/h11H,6-10H2,1-5H3,(H,18,19,20). The zero-order chi connectivity index (χ0) is 15.6. The maximum atomic E-state index is 6.24. The minimum absolute atomic E-state index is 0.280. The highest BCUT2D eigenvalue weighted by molar-refractivity contribution is 6.30. The first-order chi connectivity index (χ1) is 9.81. The number of nitrogens with zero attached hydrogens (tertiary/aromatic N) is 3. The fourth-order valence-corrected chi connectivity index (χ4v) is 2.74. The minimum Gasteiger partial charge on any atom is -0.369 e. The Bertz CT molecular complexity index is 493. The van der Waals surface area contributed by atoms with E-state index < -0.39 is 0 Å². The van der Waals surface area contributed by atoms with Crippen LogP contribution in [0.3, 0.4) is 0 Å². The summed E-state index contributed by atoms with van der Waals surface area (Å²) < 4.78 is 0. The van der Waals surface area contributed by atoms with Gasteiger partial charge in [0.25, 0.3) is 0 Å². The highest BCUT2D eigenvalue weighted by Crippen LogP contribution is 2.31. The second-order valence-corrected chi connectivity index (χ2v) is 7.33. The van der Waals surface area contributed by atoms with E-state index in [1.165, 1.54) is 25.9 Å². The van der Waals surface area contributed by atoms with Crippen molar-refractivity contribution < 1.29 is 0 Å². The Morgan fingerprint density at radius 1 is 1.29 bits per heavy atom. The number of halogens is 1. The van der Waals surface area contributed by atoms with E-state index in [9.17, 15) is 0 Å². The van der Waals surface area contributed by atoms with Crippen LogP contribution in [-0.4, -0.2) is 41.5 Å². The molecule has 2 rings (SSSR count). The molecule has 0 saturated carbocycles. The highest BCUT2D eigenvalue weighted by Gasteiger charge is 2.29. The second kappa shape index (κ2) is 6.49. The van der Waals surface area contributed by atoms with E-state index in [-0.39, 0.29) is 5.92 Å². The lowest BCUT2D eigenvalue weighted by Gasteiger charge is -2.38. The summed E-state index contributed by atoms with van der Waals surface area (Å²) in [5.41, 5.74) is 1.27. The van der Waals surface area contributed by atoms with Crippen molar-refractivity contribution in [3.8, 4) is 0 Å². The number of likely N-dealkylation sites (tertiary alicyclic amines) is 1. The van der Waals surface area contributed by atoms with Crippen molar-refractivity contribution in [2.75, 3.05) is 32.0 Å². The van der Waals surface area contributed by atoms with Crippen LogP contribution < -0.4 is 5.32 Å². The fraction of sp³-hybridized carbons (Fsp3) is 0.750. The fourth-order valence-electron chi connectivity index (χ4n) is 2.57. The molecule has 1 fully saturated rings. The second-order valence-electron chi connectivity index (χ2n) is 6.97. The summed E-state index contributed by atoms with van der Waals surface area (Å²) in [4.78, 5) is 11.4. The molecule has 4 nitrogen and oxygen atoms in total. The molecule has 21 heavy (non-hydrogen) atoms. The summed E-state index contributed by atoms with van der Waals surface area (Å²) in [6.07, 6.45) is 2.43. The monoisotopic (exact) mass is 310 g/mol. The Morgan fingerprint density at radius 2 is 1.90 bits per heavy atom. The highest BCUT2D eigenvalue weighted by atomic mass is 35.5. The van der Waals surface area contributed by atoms with Crippen molar-refractivity contribution in [1.82, 2.24) is 14.9 Å². The molecule has 0 aromatic carbocycles. The Morgan fingerprint density at radius 3 is 2.48 bits per heavy atom. The number of rotatable bonds is 4. The third-order valence-corrected chi connectivity index (χ3v) is 4.86. The summed E-state index contributed by atoms with van der Waals surface area (Å²) in [7, 11) is 2.19.